The van der Waals surface area contributed by atoms with Crippen LogP contribution >= 0.6 is 11.6 Å². The van der Waals surface area contributed by atoms with Crippen molar-refractivity contribution in [2.24, 2.45) is 5.73 Å². The van der Waals surface area contributed by atoms with Crippen LogP contribution in [0, 0.1) is 11.8 Å². The van der Waals surface area contributed by atoms with Gasteiger partial charge in [-0.25, -0.2) is 0 Å². The van der Waals surface area contributed by atoms with Crippen molar-refractivity contribution >= 4 is 23.2 Å². The molecular formula is C13H15ClN2O2. The normalized spacial score (nSPS) is 11.3. The first-order valence-corrected chi connectivity index (χ1v) is 5.78. The Morgan fingerprint density at radius 1 is 1.61 bits per heavy atom. The Morgan fingerprint density at radius 2 is 2.33 bits per heavy atom. The topological polar surface area (TPSA) is 64.3 Å². The number of hydrogen-bond donors (Lipinski definition) is 2. The highest BCUT2D eigenvalue weighted by Crippen LogP contribution is 2.20. The zero-order valence-electron chi connectivity index (χ0n) is 10.3. The first kappa shape index (κ1) is 14.5. The maximum Gasteiger partial charge on any atom is 0.253 e. The van der Waals surface area contributed by atoms with Crippen LogP contribution in [0.2, 0.25) is 5.02 Å². The number of nitrogens with two attached hydrogens (primary N) is 1. The minimum atomic E-state index is -0.542. The minimum absolute atomic E-state index is 0.254. The summed E-state index contributed by atoms with van der Waals surface area (Å²) in [6.07, 6.45) is -0.542. The smallest absolute Gasteiger partial charge is 0.253 e. The molecule has 0 spiro atoms. The van der Waals surface area contributed by atoms with E-state index >= 15 is 0 Å². The Kier molecular flexibility index (Phi) is 5.66. The van der Waals surface area contributed by atoms with Crippen molar-refractivity contribution < 1.29 is 9.53 Å². The fourth-order valence-electron chi connectivity index (χ4n) is 1.22. The highest BCUT2D eigenvalue weighted by molar-refractivity contribution is 6.31. The molecule has 18 heavy (non-hydrogen) atoms. The number of anilines is 1. The number of carbonyl (C=O) groups is 1. The van der Waals surface area contributed by atoms with Crippen LogP contribution in [0.25, 0.3) is 0 Å². The highest BCUT2D eigenvalue weighted by atomic mass is 35.5. The van der Waals surface area contributed by atoms with E-state index < -0.39 is 6.10 Å². The molecule has 0 heterocycles. The number of benzene rings is 1. The Morgan fingerprint density at radius 3 is 2.94 bits per heavy atom. The number of methoxy groups -OCH3 is 1. The zero-order valence-corrected chi connectivity index (χ0v) is 11.0. The maximum absolute atomic E-state index is 11.7. The monoisotopic (exact) mass is 266 g/mol. The minimum Gasteiger partial charge on any atom is -0.372 e. The summed E-state index contributed by atoms with van der Waals surface area (Å²) >= 11 is 5.89. The van der Waals surface area contributed by atoms with Gasteiger partial charge in [0.2, 0.25) is 0 Å². The standard InChI is InChI=1S/C13H15ClN2O2/c1-9(18-2)13(17)16-12-8-11(14)6-5-10(12)4-3-7-15/h5-6,8-9H,7,15H2,1-2H3,(H,16,17). The van der Waals surface area contributed by atoms with Crippen LogP contribution in [-0.4, -0.2) is 25.7 Å². The van der Waals surface area contributed by atoms with E-state index in [1.807, 2.05) is 0 Å². The fourth-order valence-corrected chi connectivity index (χ4v) is 1.39. The molecule has 0 radical (unpaired) electrons. The molecule has 0 saturated heterocycles. The average molecular weight is 267 g/mol. The summed E-state index contributed by atoms with van der Waals surface area (Å²) < 4.78 is 4.93. The summed E-state index contributed by atoms with van der Waals surface area (Å²) in [5, 5.41) is 3.24. The molecule has 1 amide bonds. The Bertz CT molecular complexity index is 491. The maximum atomic E-state index is 11.7. The van der Waals surface area contributed by atoms with Gasteiger partial charge in [0.1, 0.15) is 6.10 Å². The Balaban J connectivity index is 2.99. The van der Waals surface area contributed by atoms with Gasteiger partial charge in [-0.15, -0.1) is 0 Å². The third-order valence-electron chi connectivity index (χ3n) is 2.29. The molecule has 0 bridgehead atoms. The van der Waals surface area contributed by atoms with Crippen LogP contribution in [0.1, 0.15) is 12.5 Å². The van der Waals surface area contributed by atoms with Crippen molar-refractivity contribution in [2.45, 2.75) is 13.0 Å². The summed E-state index contributed by atoms with van der Waals surface area (Å²) in [5.74, 6) is 5.35. The van der Waals surface area contributed by atoms with E-state index in [-0.39, 0.29) is 12.5 Å². The first-order valence-electron chi connectivity index (χ1n) is 5.40. The second-order valence-electron chi connectivity index (χ2n) is 3.56. The lowest BCUT2D eigenvalue weighted by Gasteiger charge is -2.12. The van der Waals surface area contributed by atoms with Gasteiger partial charge in [0, 0.05) is 17.7 Å². The molecule has 1 aromatic carbocycles. The predicted octanol–water partition coefficient (Wildman–Crippen LogP) is 1.62. The van der Waals surface area contributed by atoms with Gasteiger partial charge in [-0.3, -0.25) is 4.79 Å². The summed E-state index contributed by atoms with van der Waals surface area (Å²) in [6, 6.07) is 5.08. The summed E-state index contributed by atoms with van der Waals surface area (Å²) in [4.78, 5) is 11.7. The van der Waals surface area contributed by atoms with Gasteiger partial charge in [0.15, 0.2) is 0 Å². The van der Waals surface area contributed by atoms with Crippen molar-refractivity contribution in [3.05, 3.63) is 28.8 Å². The van der Waals surface area contributed by atoms with Crippen LogP contribution < -0.4 is 11.1 Å². The number of hydrogen-bond acceptors (Lipinski definition) is 3. The molecule has 0 fully saturated rings. The van der Waals surface area contributed by atoms with E-state index in [1.165, 1.54) is 7.11 Å². The molecule has 0 saturated carbocycles. The summed E-state index contributed by atoms with van der Waals surface area (Å²) in [6.45, 7) is 1.91. The third kappa shape index (κ3) is 4.04. The van der Waals surface area contributed by atoms with Crippen molar-refractivity contribution in [1.29, 1.82) is 0 Å². The number of nitrogens with one attached hydrogen (secondary N) is 1. The van der Waals surface area contributed by atoms with Gasteiger partial charge in [-0.2, -0.15) is 0 Å². The number of carbonyl (C=O) groups excluding carboxylic acids is 1. The van der Waals surface area contributed by atoms with Crippen LogP contribution in [0.15, 0.2) is 18.2 Å². The van der Waals surface area contributed by atoms with E-state index in [2.05, 4.69) is 17.2 Å². The zero-order chi connectivity index (χ0) is 13.5. The van der Waals surface area contributed by atoms with Crippen molar-refractivity contribution in [1.82, 2.24) is 0 Å². The Labute approximate surface area is 111 Å². The first-order chi connectivity index (χ1) is 8.58. The third-order valence-corrected chi connectivity index (χ3v) is 2.52. The van der Waals surface area contributed by atoms with E-state index in [4.69, 9.17) is 22.1 Å². The second kappa shape index (κ2) is 7.02. The molecular weight excluding hydrogens is 252 g/mol. The highest BCUT2D eigenvalue weighted by Gasteiger charge is 2.13. The van der Waals surface area contributed by atoms with Gasteiger partial charge in [0.05, 0.1) is 12.2 Å². The molecule has 1 atom stereocenters. The molecule has 0 aliphatic carbocycles. The van der Waals surface area contributed by atoms with Crippen molar-refractivity contribution in [3.63, 3.8) is 0 Å². The molecule has 96 valence electrons. The molecule has 5 heteroatoms. The van der Waals surface area contributed by atoms with E-state index in [1.54, 1.807) is 25.1 Å². The molecule has 1 rings (SSSR count). The SMILES string of the molecule is COC(C)C(=O)Nc1cc(Cl)ccc1C#CCN. The molecule has 0 aliphatic heterocycles. The lowest BCUT2D eigenvalue weighted by molar-refractivity contribution is -0.124. The molecule has 1 unspecified atom stereocenters. The van der Waals surface area contributed by atoms with Crippen LogP contribution in [0.4, 0.5) is 5.69 Å². The number of rotatable bonds is 3. The van der Waals surface area contributed by atoms with Crippen LogP contribution in [-0.2, 0) is 9.53 Å². The molecule has 0 aromatic heterocycles. The van der Waals surface area contributed by atoms with Gasteiger partial charge >= 0.3 is 0 Å². The predicted molar refractivity (Wildman–Crippen MR) is 72.5 cm³/mol. The quantitative estimate of drug-likeness (QED) is 0.817. The number of amides is 1. The summed E-state index contributed by atoms with van der Waals surface area (Å²) in [7, 11) is 1.47. The molecule has 3 N–H and O–H groups in total. The molecule has 1 aromatic rings. The van der Waals surface area contributed by atoms with E-state index in [9.17, 15) is 4.79 Å². The van der Waals surface area contributed by atoms with Gasteiger partial charge < -0.3 is 15.8 Å². The van der Waals surface area contributed by atoms with Gasteiger partial charge in [0.25, 0.3) is 5.91 Å². The van der Waals surface area contributed by atoms with Crippen molar-refractivity contribution in [2.75, 3.05) is 19.0 Å². The van der Waals surface area contributed by atoms with Crippen LogP contribution in [0.5, 0.6) is 0 Å². The average Bonchev–Trinajstić information content (AvgIpc) is 2.36. The number of halogens is 1. The summed E-state index contributed by atoms with van der Waals surface area (Å²) in [5.41, 5.74) is 6.54. The lowest BCUT2D eigenvalue weighted by atomic mass is 10.1. The molecule has 4 nitrogen and oxygen atoms in total. The molecule has 0 aliphatic rings. The second-order valence-corrected chi connectivity index (χ2v) is 4.00. The van der Waals surface area contributed by atoms with E-state index in [0.717, 1.165) is 0 Å². The van der Waals surface area contributed by atoms with Crippen LogP contribution in [0.3, 0.4) is 0 Å². The van der Waals surface area contributed by atoms with E-state index in [0.29, 0.717) is 16.3 Å². The van der Waals surface area contributed by atoms with Gasteiger partial charge in [-0.1, -0.05) is 23.4 Å². The van der Waals surface area contributed by atoms with Crippen molar-refractivity contribution in [3.8, 4) is 11.8 Å². The Hall–Kier alpha value is -1.54. The fraction of sp³-hybridized carbons (Fsp3) is 0.308. The van der Waals surface area contributed by atoms with Gasteiger partial charge in [-0.05, 0) is 25.1 Å². The lowest BCUT2D eigenvalue weighted by Crippen LogP contribution is -2.26. The largest absolute Gasteiger partial charge is 0.372 e. The number of ether oxygens (including phenoxy) is 1.